The van der Waals surface area contributed by atoms with E-state index in [1.807, 2.05) is 13.8 Å². The molecule has 0 saturated carbocycles. The van der Waals surface area contributed by atoms with E-state index in [1.165, 1.54) is 36.4 Å². The molecule has 16 nitrogen and oxygen atoms in total. The van der Waals surface area contributed by atoms with Crippen LogP contribution in [0.2, 0.25) is 0 Å². The first-order chi connectivity index (χ1) is 40.3. The Bertz CT molecular complexity index is 4510. The molecule has 22 heteroatoms. The lowest BCUT2D eigenvalue weighted by atomic mass is 10.0. The van der Waals surface area contributed by atoms with Gasteiger partial charge in [0.2, 0.25) is 0 Å². The van der Waals surface area contributed by atoms with Crippen LogP contribution in [0.1, 0.15) is 69.7 Å². The standard InChI is InChI=1S/C20H15F2N3O3.C20H13F2N3O2.C20H14F2N2O3.C2H6/c1-10-19(11(2)28-24-10)20-15(9-23-27)14-7-16(21)17(22)8-18(14)25(20)12-3-5-13(26)6-4-12;1-10-19(11(2)27-24-10)20-15(9-23)14-7-16(21)17(22)8-18(14)25(20)12-3-5-13(26)6-4-12;1-10-19(11(2)27-23-10)20-15(9-25)14-7-16(21)17(22)8-18(14)24(20)12-3-5-13(26)6-4-12;1-2/h3-9,26-27H,1-2H3;3-8,26H,1-2H3;3-9,26H,1-2H3;1-2H3. The Labute approximate surface area is 473 Å². The van der Waals surface area contributed by atoms with E-state index in [0.29, 0.717) is 119 Å². The van der Waals surface area contributed by atoms with Gasteiger partial charge in [0.05, 0.1) is 79.2 Å². The average Bonchev–Trinajstić information content (AvgIpc) is 3.15. The second-order valence-corrected chi connectivity index (χ2v) is 18.7. The predicted octanol–water partition coefficient (Wildman–Crippen LogP) is 15.2. The number of hydrogen-bond donors (Lipinski definition) is 4. The van der Waals surface area contributed by atoms with E-state index in [9.17, 15) is 56.9 Å². The van der Waals surface area contributed by atoms with E-state index in [0.717, 1.165) is 42.6 Å². The number of phenols is 3. The molecule has 0 spiro atoms. The van der Waals surface area contributed by atoms with Crippen molar-refractivity contribution in [1.82, 2.24) is 29.2 Å². The first-order valence-corrected chi connectivity index (χ1v) is 25.6. The van der Waals surface area contributed by atoms with Gasteiger partial charge in [-0.3, -0.25) is 4.79 Å². The van der Waals surface area contributed by atoms with Gasteiger partial charge in [-0.1, -0.05) is 34.5 Å². The number of phenolic OH excluding ortho intramolecular Hbond substituents is 3. The maximum Gasteiger partial charge on any atom is 0.160 e. The number of aryl methyl sites for hydroxylation is 6. The molecule has 6 heterocycles. The van der Waals surface area contributed by atoms with E-state index in [-0.39, 0.29) is 39.1 Å². The van der Waals surface area contributed by atoms with Crippen LogP contribution in [-0.4, -0.2) is 62.2 Å². The minimum absolute atomic E-state index is 0.0573. The summed E-state index contributed by atoms with van der Waals surface area (Å²) >= 11 is 0. The van der Waals surface area contributed by atoms with Crippen molar-refractivity contribution in [2.75, 3.05) is 0 Å². The molecule has 0 atom stereocenters. The van der Waals surface area contributed by atoms with Crippen LogP contribution < -0.4 is 0 Å². The summed E-state index contributed by atoms with van der Waals surface area (Å²) in [4.78, 5) is 11.9. The molecular formula is C62H48F6N8O8. The summed E-state index contributed by atoms with van der Waals surface area (Å²) in [6, 6.07) is 27.0. The number of aldehydes is 1. The third-order valence-corrected chi connectivity index (χ3v) is 13.7. The summed E-state index contributed by atoms with van der Waals surface area (Å²) in [5.41, 5.74) is 8.24. The number of aromatic nitrogens is 6. The van der Waals surface area contributed by atoms with E-state index in [4.69, 9.17) is 13.6 Å². The molecule has 0 aliphatic rings. The maximum absolute atomic E-state index is 14.1. The molecule has 0 bridgehead atoms. The van der Waals surface area contributed by atoms with Gasteiger partial charge in [0.1, 0.15) is 40.6 Å². The Morgan fingerprint density at radius 2 is 0.774 bits per heavy atom. The first-order valence-electron chi connectivity index (χ1n) is 25.6. The summed E-state index contributed by atoms with van der Waals surface area (Å²) in [5.74, 6) is -4.53. The molecule has 4 N–H and O–H groups in total. The molecular weight excluding hydrogens is 1100 g/mol. The van der Waals surface area contributed by atoms with Crippen molar-refractivity contribution in [2.24, 2.45) is 5.16 Å². The van der Waals surface area contributed by atoms with Crippen molar-refractivity contribution >= 4 is 45.2 Å². The monoisotopic (exact) mass is 1150 g/mol. The molecule has 0 fully saturated rings. The number of nitriles is 1. The Hall–Kier alpha value is -10.8. The van der Waals surface area contributed by atoms with Gasteiger partial charge in [0.15, 0.2) is 41.2 Å². The Morgan fingerprint density at radius 3 is 1.10 bits per heavy atom. The largest absolute Gasteiger partial charge is 0.508 e. The number of carbonyl (C=O) groups excluding carboxylic acids is 1. The molecule has 6 aromatic heterocycles. The number of nitrogens with zero attached hydrogens (tertiary/aromatic N) is 8. The first kappa shape index (κ1) is 57.9. The van der Waals surface area contributed by atoms with Gasteiger partial charge in [-0.25, -0.2) is 26.3 Å². The van der Waals surface area contributed by atoms with E-state index in [1.54, 1.807) is 91.6 Å². The second kappa shape index (κ2) is 23.3. The zero-order valence-corrected chi connectivity index (χ0v) is 45.8. The van der Waals surface area contributed by atoms with Crippen LogP contribution in [0.5, 0.6) is 17.2 Å². The van der Waals surface area contributed by atoms with Crippen molar-refractivity contribution in [3.63, 3.8) is 0 Å². The van der Waals surface area contributed by atoms with Crippen LogP contribution in [0, 0.1) is 87.8 Å². The summed E-state index contributed by atoms with van der Waals surface area (Å²) in [6.45, 7) is 14.3. The van der Waals surface area contributed by atoms with E-state index >= 15 is 0 Å². The molecule has 0 saturated heterocycles. The SMILES string of the molecule is CC.Cc1noc(C)c1-c1c(C#N)c2cc(F)c(F)cc2n1-c1ccc(O)cc1.Cc1noc(C)c1-c1c(C=NO)c2cc(F)c(F)cc2n1-c1ccc(O)cc1.Cc1noc(C)c1-c1c(C=O)c2cc(F)c(F)cc2n1-c1ccc(O)cc1. The number of hydrogen-bond acceptors (Lipinski definition) is 13. The minimum Gasteiger partial charge on any atom is -0.508 e. The second-order valence-electron chi connectivity index (χ2n) is 18.7. The lowest BCUT2D eigenvalue weighted by molar-refractivity contribution is 0.112. The van der Waals surface area contributed by atoms with Crippen LogP contribution >= 0.6 is 0 Å². The van der Waals surface area contributed by atoms with Crippen molar-refractivity contribution in [2.45, 2.75) is 55.4 Å². The van der Waals surface area contributed by atoms with Crippen LogP contribution in [-0.2, 0) is 0 Å². The summed E-state index contributed by atoms with van der Waals surface area (Å²) in [7, 11) is 0. The normalized spacial score (nSPS) is 11.2. The third kappa shape index (κ3) is 10.2. The van der Waals surface area contributed by atoms with Gasteiger partial charge in [0, 0.05) is 62.5 Å². The third-order valence-electron chi connectivity index (χ3n) is 13.7. The smallest absolute Gasteiger partial charge is 0.160 e. The Kier molecular flexibility index (Phi) is 16.1. The van der Waals surface area contributed by atoms with Gasteiger partial charge in [-0.2, -0.15) is 5.26 Å². The van der Waals surface area contributed by atoms with Crippen molar-refractivity contribution < 1.29 is 65.2 Å². The summed E-state index contributed by atoms with van der Waals surface area (Å²) in [6.07, 6.45) is 1.77. The molecule has 426 valence electrons. The van der Waals surface area contributed by atoms with E-state index < -0.39 is 34.9 Å². The zero-order valence-electron chi connectivity index (χ0n) is 45.8. The molecule has 0 radical (unpaired) electrons. The predicted molar refractivity (Wildman–Crippen MR) is 300 cm³/mol. The van der Waals surface area contributed by atoms with Crippen molar-refractivity contribution in [3.8, 4) is 74.2 Å². The topological polar surface area (TPSA) is 227 Å². The maximum atomic E-state index is 14.1. The fourth-order valence-electron chi connectivity index (χ4n) is 10.1. The molecule has 12 rings (SSSR count). The summed E-state index contributed by atoms with van der Waals surface area (Å²) < 4.78 is 105. The Balaban J connectivity index is 0.000000149. The highest BCUT2D eigenvalue weighted by Gasteiger charge is 2.29. The lowest BCUT2D eigenvalue weighted by Gasteiger charge is -2.12. The Morgan fingerprint density at radius 1 is 0.476 bits per heavy atom. The number of halogens is 6. The van der Waals surface area contributed by atoms with Gasteiger partial charge in [-0.15, -0.1) is 0 Å². The molecule has 6 aromatic carbocycles. The molecule has 84 heavy (non-hydrogen) atoms. The van der Waals surface area contributed by atoms with Crippen molar-refractivity contribution in [1.29, 1.82) is 5.26 Å². The number of benzene rings is 6. The number of aromatic hydroxyl groups is 3. The molecule has 0 amide bonds. The van der Waals surface area contributed by atoms with Crippen LogP contribution in [0.15, 0.2) is 128 Å². The highest BCUT2D eigenvalue weighted by molar-refractivity contribution is 6.08. The van der Waals surface area contributed by atoms with Gasteiger partial charge in [-0.05, 0) is 133 Å². The highest BCUT2D eigenvalue weighted by Crippen LogP contribution is 2.43. The fourth-order valence-corrected chi connectivity index (χ4v) is 10.1. The summed E-state index contributed by atoms with van der Waals surface area (Å²) in [5, 5.41) is 63.6. The highest BCUT2D eigenvalue weighted by atomic mass is 19.2. The van der Waals surface area contributed by atoms with Gasteiger partial charge in [0.25, 0.3) is 0 Å². The molecule has 0 aliphatic carbocycles. The fraction of sp³-hybridized carbons (Fsp3) is 0.129. The zero-order chi connectivity index (χ0) is 60.6. The van der Waals surface area contributed by atoms with Crippen LogP contribution in [0.3, 0.4) is 0 Å². The lowest BCUT2D eigenvalue weighted by Crippen LogP contribution is -2.00. The van der Waals surface area contributed by atoms with E-state index in [2.05, 4.69) is 26.7 Å². The van der Waals surface area contributed by atoms with Crippen LogP contribution in [0.25, 0.3) is 83.5 Å². The number of carbonyl (C=O) groups is 1. The number of fused-ring (bicyclic) bond motifs is 3. The molecule has 12 aromatic rings. The molecule has 0 unspecified atom stereocenters. The number of rotatable bonds is 8. The van der Waals surface area contributed by atoms with Crippen LogP contribution in [0.4, 0.5) is 26.3 Å². The minimum atomic E-state index is -1.04. The number of oxime groups is 1. The quantitative estimate of drug-likeness (QED) is 0.0366. The van der Waals surface area contributed by atoms with Gasteiger partial charge < -0.3 is 47.8 Å². The average molecular weight is 1150 g/mol. The van der Waals surface area contributed by atoms with Gasteiger partial charge >= 0.3 is 0 Å². The van der Waals surface area contributed by atoms with Crippen molar-refractivity contribution in [3.05, 3.63) is 195 Å². The molecule has 0 aliphatic heterocycles.